The van der Waals surface area contributed by atoms with Crippen LogP contribution in [-0.4, -0.2) is 31.6 Å². The van der Waals surface area contributed by atoms with Crippen LogP contribution >= 0.6 is 11.3 Å². The molecular formula is C31H30N4O4S. The summed E-state index contributed by atoms with van der Waals surface area (Å²) in [5.41, 5.74) is 2.36. The lowest BCUT2D eigenvalue weighted by molar-refractivity contribution is -0.119. The van der Waals surface area contributed by atoms with E-state index in [1.165, 1.54) is 11.3 Å². The normalized spacial score (nSPS) is 18.1. The number of para-hydroxylation sites is 1. The number of carbonyl (C=O) groups excluding carboxylic acids is 1. The Kier molecular flexibility index (Phi) is 6.98. The number of nitrogens with zero attached hydrogens (tertiary/aromatic N) is 3. The number of hydrogen-bond donors (Lipinski definition) is 2. The number of thiophene rings is 1. The van der Waals surface area contributed by atoms with E-state index in [0.29, 0.717) is 39.3 Å². The zero-order chi connectivity index (χ0) is 27.8. The maximum Gasteiger partial charge on any atom is 0.353 e. The zero-order valence-electron chi connectivity index (χ0n) is 22.4. The lowest BCUT2D eigenvalue weighted by Gasteiger charge is -2.28. The van der Waals surface area contributed by atoms with Crippen molar-refractivity contribution in [3.63, 3.8) is 0 Å². The van der Waals surface area contributed by atoms with Gasteiger partial charge in [-0.1, -0.05) is 18.2 Å². The molecule has 40 heavy (non-hydrogen) atoms. The van der Waals surface area contributed by atoms with Gasteiger partial charge < -0.3 is 15.2 Å². The van der Waals surface area contributed by atoms with E-state index in [2.05, 4.69) is 15.3 Å². The Hall–Kier alpha value is -4.24. The molecule has 0 aliphatic heterocycles. The minimum Gasteiger partial charge on any atom is -0.511 e. The van der Waals surface area contributed by atoms with E-state index < -0.39 is 5.69 Å². The Balaban J connectivity index is 1.35. The zero-order valence-corrected chi connectivity index (χ0v) is 23.2. The molecule has 0 radical (unpaired) electrons. The number of pyridine rings is 1. The summed E-state index contributed by atoms with van der Waals surface area (Å²) in [5.74, 6) is 1.97. The van der Waals surface area contributed by atoms with E-state index in [-0.39, 0.29) is 17.7 Å². The molecule has 9 heteroatoms. The molecule has 1 aliphatic carbocycles. The minimum absolute atomic E-state index is 0.00230. The van der Waals surface area contributed by atoms with E-state index >= 15 is 0 Å². The average Bonchev–Trinajstić information content (AvgIpc) is 3.30. The molecule has 204 valence electrons. The first-order valence-electron chi connectivity index (χ1n) is 13.5. The molecule has 2 aromatic carbocycles. The van der Waals surface area contributed by atoms with Crippen LogP contribution in [0.25, 0.3) is 32.7 Å². The SMILES string of the molecule is CC(=O)NC1CCC(CC(O)=c2sc3nccc4c3c2nc(=O)n4-c2ccc(Oc3ccccc3)cc2C)CC1. The third-order valence-corrected chi connectivity index (χ3v) is 8.71. The molecule has 1 amide bonds. The number of aliphatic hydroxyl groups is 1. The van der Waals surface area contributed by atoms with Crippen LogP contribution in [0.15, 0.2) is 65.6 Å². The molecule has 3 heterocycles. The molecular weight excluding hydrogens is 524 g/mol. The van der Waals surface area contributed by atoms with Crippen molar-refractivity contribution in [1.29, 1.82) is 0 Å². The van der Waals surface area contributed by atoms with Crippen molar-refractivity contribution in [2.45, 2.75) is 52.0 Å². The molecule has 5 aromatic rings. The van der Waals surface area contributed by atoms with Gasteiger partial charge in [-0.2, -0.15) is 4.98 Å². The Morgan fingerprint density at radius 1 is 1.10 bits per heavy atom. The monoisotopic (exact) mass is 554 g/mol. The highest BCUT2D eigenvalue weighted by molar-refractivity contribution is 7.17. The Bertz CT molecular complexity index is 1820. The molecule has 2 N–H and O–H groups in total. The smallest absolute Gasteiger partial charge is 0.353 e. The van der Waals surface area contributed by atoms with Crippen LogP contribution in [0.1, 0.15) is 44.6 Å². The first-order chi connectivity index (χ1) is 19.4. The van der Waals surface area contributed by atoms with Crippen molar-refractivity contribution in [2.24, 2.45) is 5.92 Å². The van der Waals surface area contributed by atoms with Crippen molar-refractivity contribution < 1.29 is 14.6 Å². The number of rotatable bonds is 6. The van der Waals surface area contributed by atoms with Crippen LogP contribution in [-0.2, 0) is 4.79 Å². The van der Waals surface area contributed by atoms with Gasteiger partial charge in [-0.3, -0.25) is 9.36 Å². The fraction of sp³-hybridized carbons (Fsp3) is 0.290. The standard InChI is InChI=1S/C31H30N4O4S/c1-18-16-23(39-22-6-4-3-5-7-22)12-13-24(18)35-25-14-15-32-30-27(25)28(34-31(35)38)29(40-30)26(37)17-20-8-10-21(11-9-20)33-19(2)36/h3-7,12-16,20-21,37H,8-11,17H2,1-2H3,(H,33,36). The largest absolute Gasteiger partial charge is 0.511 e. The highest BCUT2D eigenvalue weighted by atomic mass is 32.1. The summed E-state index contributed by atoms with van der Waals surface area (Å²) in [7, 11) is 0. The van der Waals surface area contributed by atoms with E-state index in [1.807, 2.05) is 61.5 Å². The first kappa shape index (κ1) is 26.0. The predicted octanol–water partition coefficient (Wildman–Crippen LogP) is 5.57. The van der Waals surface area contributed by atoms with Crippen LogP contribution in [0.5, 0.6) is 11.5 Å². The van der Waals surface area contributed by atoms with E-state index in [1.54, 1.807) is 17.7 Å². The molecule has 0 spiro atoms. The molecule has 6 rings (SSSR count). The average molecular weight is 555 g/mol. The van der Waals surface area contributed by atoms with E-state index in [9.17, 15) is 14.7 Å². The third-order valence-electron chi connectivity index (χ3n) is 7.57. The summed E-state index contributed by atoms with van der Waals surface area (Å²) < 4.78 is 8.19. The minimum atomic E-state index is -0.414. The Labute approximate surface area is 235 Å². The van der Waals surface area contributed by atoms with Crippen LogP contribution in [0.4, 0.5) is 0 Å². The van der Waals surface area contributed by atoms with Crippen molar-refractivity contribution in [1.82, 2.24) is 19.9 Å². The molecule has 0 atom stereocenters. The second-order valence-electron chi connectivity index (χ2n) is 10.5. The lowest BCUT2D eigenvalue weighted by Crippen LogP contribution is -2.36. The molecule has 0 bridgehead atoms. The number of hydrogen-bond acceptors (Lipinski definition) is 7. The number of ether oxygens (including phenoxy) is 1. The number of amides is 1. The van der Waals surface area contributed by atoms with Crippen molar-refractivity contribution in [2.75, 3.05) is 0 Å². The number of aromatic nitrogens is 3. The molecule has 1 fully saturated rings. The van der Waals surface area contributed by atoms with Crippen LogP contribution < -0.4 is 20.3 Å². The number of aryl methyl sites for hydroxylation is 1. The number of nitrogens with one attached hydrogen (secondary N) is 1. The number of benzene rings is 2. The van der Waals surface area contributed by atoms with Gasteiger partial charge in [0.2, 0.25) is 5.91 Å². The maximum atomic E-state index is 13.5. The summed E-state index contributed by atoms with van der Waals surface area (Å²) in [5, 5.41) is 15.0. The summed E-state index contributed by atoms with van der Waals surface area (Å²) in [4.78, 5) is 34.6. The molecule has 3 aromatic heterocycles. The lowest BCUT2D eigenvalue weighted by atomic mass is 9.83. The topological polar surface area (TPSA) is 106 Å². The number of aliphatic hydroxyl groups excluding tert-OH is 1. The van der Waals surface area contributed by atoms with Crippen molar-refractivity contribution >= 4 is 44.3 Å². The van der Waals surface area contributed by atoms with Crippen molar-refractivity contribution in [3.8, 4) is 17.2 Å². The fourth-order valence-corrected chi connectivity index (χ4v) is 6.75. The first-order valence-corrected chi connectivity index (χ1v) is 14.3. The van der Waals surface area contributed by atoms with Gasteiger partial charge in [0.25, 0.3) is 0 Å². The van der Waals surface area contributed by atoms with Gasteiger partial charge in [-0.15, -0.1) is 11.3 Å². The molecule has 8 nitrogen and oxygen atoms in total. The second-order valence-corrected chi connectivity index (χ2v) is 11.5. The van der Waals surface area contributed by atoms with E-state index in [4.69, 9.17) is 4.74 Å². The molecule has 1 aliphatic rings. The Morgan fingerprint density at radius 3 is 2.60 bits per heavy atom. The summed E-state index contributed by atoms with van der Waals surface area (Å²) in [6, 6.07) is 17.2. The number of carbonyl (C=O) groups is 1. The van der Waals surface area contributed by atoms with E-state index in [0.717, 1.165) is 47.2 Å². The summed E-state index contributed by atoms with van der Waals surface area (Å²) in [6.07, 6.45) is 5.84. The van der Waals surface area contributed by atoms with Crippen LogP contribution in [0.2, 0.25) is 0 Å². The van der Waals surface area contributed by atoms with Gasteiger partial charge >= 0.3 is 5.69 Å². The molecule has 1 saturated carbocycles. The third kappa shape index (κ3) is 5.04. The molecule has 0 unspecified atom stereocenters. The maximum absolute atomic E-state index is 13.5. The van der Waals surface area contributed by atoms with Gasteiger partial charge in [0.1, 0.15) is 27.6 Å². The van der Waals surface area contributed by atoms with Gasteiger partial charge in [0, 0.05) is 25.6 Å². The second kappa shape index (κ2) is 10.7. The van der Waals surface area contributed by atoms with Crippen LogP contribution in [0.3, 0.4) is 0 Å². The quantitative estimate of drug-likeness (QED) is 0.284. The predicted molar refractivity (Wildman–Crippen MR) is 157 cm³/mol. The van der Waals surface area contributed by atoms with Gasteiger partial charge in [0.15, 0.2) is 0 Å². The van der Waals surface area contributed by atoms with Gasteiger partial charge in [0.05, 0.1) is 21.1 Å². The van der Waals surface area contributed by atoms with Crippen molar-refractivity contribution in [3.05, 3.63) is 81.4 Å². The Morgan fingerprint density at radius 2 is 1.88 bits per heavy atom. The molecule has 0 saturated heterocycles. The summed E-state index contributed by atoms with van der Waals surface area (Å²) in [6.45, 7) is 3.48. The summed E-state index contributed by atoms with van der Waals surface area (Å²) >= 11 is 1.37. The highest BCUT2D eigenvalue weighted by Crippen LogP contribution is 2.32. The van der Waals surface area contributed by atoms with Gasteiger partial charge in [-0.25, -0.2) is 9.78 Å². The fourth-order valence-electron chi connectivity index (χ4n) is 5.69. The highest BCUT2D eigenvalue weighted by Gasteiger charge is 2.24. The van der Waals surface area contributed by atoms with Crippen LogP contribution in [0, 0.1) is 12.8 Å². The van der Waals surface area contributed by atoms with Gasteiger partial charge in [-0.05, 0) is 80.5 Å².